The zero-order valence-electron chi connectivity index (χ0n) is 11.9. The number of nitrogens with zero attached hydrogens (tertiary/aromatic N) is 1. The minimum atomic E-state index is 0.943. The Morgan fingerprint density at radius 3 is 2.05 bits per heavy atom. The van der Waals surface area contributed by atoms with Gasteiger partial charge in [0, 0.05) is 6.54 Å². The molecule has 0 N–H and O–H groups in total. The molecule has 0 amide bonds. The van der Waals surface area contributed by atoms with Crippen LogP contribution in [0, 0.1) is 6.92 Å². The lowest BCUT2D eigenvalue weighted by Gasteiger charge is -2.12. The van der Waals surface area contributed by atoms with E-state index in [9.17, 15) is 0 Å². The van der Waals surface area contributed by atoms with Gasteiger partial charge in [0.2, 0.25) is 0 Å². The Bertz CT molecular complexity index is 536. The van der Waals surface area contributed by atoms with Gasteiger partial charge in [0.1, 0.15) is 0 Å². The van der Waals surface area contributed by atoms with Gasteiger partial charge in [0.25, 0.3) is 0 Å². The van der Waals surface area contributed by atoms with Crippen molar-refractivity contribution in [3.05, 3.63) is 77.4 Å². The molecule has 0 radical (unpaired) electrons. The molecule has 0 bridgehead atoms. The summed E-state index contributed by atoms with van der Waals surface area (Å²) in [7, 11) is 4.18. The third kappa shape index (κ3) is 3.80. The second-order valence-corrected chi connectivity index (χ2v) is 5.11. The first-order valence-electron chi connectivity index (χ1n) is 6.64. The first kappa shape index (κ1) is 13.6. The third-order valence-electron chi connectivity index (χ3n) is 3.11. The third-order valence-corrected chi connectivity index (χ3v) is 3.11. The number of hydrogen-bond donors (Lipinski definition) is 0. The summed E-state index contributed by atoms with van der Waals surface area (Å²) in [5.41, 5.74) is 5.14. The topological polar surface area (TPSA) is 3.24 Å². The number of rotatable bonds is 4. The fraction of sp³-hybridized carbons (Fsp3) is 0.222. The first-order chi connectivity index (χ1) is 9.16. The fourth-order valence-corrected chi connectivity index (χ4v) is 2.03. The Kier molecular flexibility index (Phi) is 4.53. The zero-order chi connectivity index (χ0) is 13.7. The van der Waals surface area contributed by atoms with Gasteiger partial charge in [-0.3, -0.25) is 0 Å². The molecule has 0 aromatic heterocycles. The summed E-state index contributed by atoms with van der Waals surface area (Å²) in [6, 6.07) is 19.3. The predicted molar refractivity (Wildman–Crippen MR) is 83.3 cm³/mol. The normalized spacial score (nSPS) is 11.9. The molecule has 0 aliphatic heterocycles. The average molecular weight is 251 g/mol. The molecule has 0 heterocycles. The van der Waals surface area contributed by atoms with Crippen LogP contribution < -0.4 is 0 Å². The van der Waals surface area contributed by atoms with Gasteiger partial charge in [-0.05, 0) is 37.7 Å². The molecule has 1 nitrogen and oxygen atoms in total. The summed E-state index contributed by atoms with van der Waals surface area (Å²) in [6.45, 7) is 3.06. The molecule has 19 heavy (non-hydrogen) atoms. The van der Waals surface area contributed by atoms with Crippen molar-refractivity contribution in [3.63, 3.8) is 0 Å². The van der Waals surface area contributed by atoms with Crippen LogP contribution in [0.3, 0.4) is 0 Å². The second kappa shape index (κ2) is 6.35. The van der Waals surface area contributed by atoms with Gasteiger partial charge >= 0.3 is 0 Å². The van der Waals surface area contributed by atoms with Gasteiger partial charge < -0.3 is 4.90 Å². The maximum Gasteiger partial charge on any atom is 0.0166 e. The van der Waals surface area contributed by atoms with E-state index in [1.54, 1.807) is 0 Å². The molecule has 2 rings (SSSR count). The lowest BCUT2D eigenvalue weighted by molar-refractivity contribution is 0.457. The van der Waals surface area contributed by atoms with E-state index >= 15 is 0 Å². The van der Waals surface area contributed by atoms with Crippen LogP contribution in [0.1, 0.15) is 16.7 Å². The van der Waals surface area contributed by atoms with Gasteiger partial charge in [0.15, 0.2) is 0 Å². The largest absolute Gasteiger partial charge is 0.306 e. The molecule has 2 aromatic carbocycles. The summed E-state index contributed by atoms with van der Waals surface area (Å²) in [5, 5.41) is 0. The summed E-state index contributed by atoms with van der Waals surface area (Å²) in [4.78, 5) is 2.18. The average Bonchev–Trinajstić information content (AvgIpc) is 2.42. The first-order valence-corrected chi connectivity index (χ1v) is 6.64. The summed E-state index contributed by atoms with van der Waals surface area (Å²) in [6.07, 6.45) is 2.29. The minimum absolute atomic E-state index is 0.943. The number of likely N-dealkylation sites (N-methyl/N-ethyl adjacent to an activating group) is 1. The van der Waals surface area contributed by atoms with Crippen LogP contribution in [-0.2, 0) is 0 Å². The van der Waals surface area contributed by atoms with Crippen LogP contribution in [0.2, 0.25) is 0 Å². The van der Waals surface area contributed by atoms with Crippen LogP contribution in [0.5, 0.6) is 0 Å². The Labute approximate surface area is 116 Å². The van der Waals surface area contributed by atoms with Crippen molar-refractivity contribution in [1.82, 2.24) is 4.90 Å². The van der Waals surface area contributed by atoms with Crippen molar-refractivity contribution in [2.75, 3.05) is 20.6 Å². The van der Waals surface area contributed by atoms with Crippen molar-refractivity contribution < 1.29 is 0 Å². The van der Waals surface area contributed by atoms with E-state index in [1.807, 2.05) is 0 Å². The van der Waals surface area contributed by atoms with E-state index in [0.29, 0.717) is 0 Å². The highest BCUT2D eigenvalue weighted by Crippen LogP contribution is 2.23. The molecular weight excluding hydrogens is 230 g/mol. The number of benzene rings is 2. The van der Waals surface area contributed by atoms with Crippen molar-refractivity contribution in [3.8, 4) is 0 Å². The quantitative estimate of drug-likeness (QED) is 0.794. The fourth-order valence-electron chi connectivity index (χ4n) is 2.03. The minimum Gasteiger partial charge on any atom is -0.306 e. The molecule has 0 aliphatic rings. The van der Waals surface area contributed by atoms with Crippen molar-refractivity contribution in [2.24, 2.45) is 0 Å². The van der Waals surface area contributed by atoms with Gasteiger partial charge in [-0.1, -0.05) is 66.2 Å². The predicted octanol–water partition coefficient (Wildman–Crippen LogP) is 3.99. The second-order valence-electron chi connectivity index (χ2n) is 5.11. The van der Waals surface area contributed by atoms with E-state index in [2.05, 4.69) is 86.6 Å². The van der Waals surface area contributed by atoms with E-state index in [-0.39, 0.29) is 0 Å². The maximum atomic E-state index is 2.29. The van der Waals surface area contributed by atoms with E-state index in [1.165, 1.54) is 22.3 Å². The van der Waals surface area contributed by atoms with Gasteiger partial charge in [-0.2, -0.15) is 0 Å². The summed E-state index contributed by atoms with van der Waals surface area (Å²) in [5.74, 6) is 0. The summed E-state index contributed by atoms with van der Waals surface area (Å²) < 4.78 is 0. The van der Waals surface area contributed by atoms with Crippen molar-refractivity contribution in [1.29, 1.82) is 0 Å². The van der Waals surface area contributed by atoms with E-state index in [4.69, 9.17) is 0 Å². The van der Waals surface area contributed by atoms with Crippen molar-refractivity contribution in [2.45, 2.75) is 6.92 Å². The van der Waals surface area contributed by atoms with E-state index in [0.717, 1.165) is 6.54 Å². The molecule has 0 saturated carbocycles. The molecule has 0 atom stereocenters. The molecular formula is C18H21N. The molecule has 2 aromatic rings. The Morgan fingerprint density at radius 2 is 1.47 bits per heavy atom. The SMILES string of the molecule is Cc1ccc(/C(=C/CN(C)C)c2ccccc2)cc1. The molecule has 98 valence electrons. The molecule has 0 fully saturated rings. The lowest BCUT2D eigenvalue weighted by Crippen LogP contribution is -2.11. The highest BCUT2D eigenvalue weighted by molar-refractivity contribution is 5.79. The van der Waals surface area contributed by atoms with E-state index < -0.39 is 0 Å². The maximum absolute atomic E-state index is 2.29. The standard InChI is InChI=1S/C18H21N/c1-15-9-11-17(12-10-15)18(13-14-19(2)3)16-7-5-4-6-8-16/h4-13H,14H2,1-3H3/b18-13+. The highest BCUT2D eigenvalue weighted by atomic mass is 15.0. The molecule has 1 heteroatoms. The molecule has 0 aliphatic carbocycles. The zero-order valence-corrected chi connectivity index (χ0v) is 11.9. The van der Waals surface area contributed by atoms with Crippen LogP contribution >= 0.6 is 0 Å². The van der Waals surface area contributed by atoms with Gasteiger partial charge in [0.05, 0.1) is 0 Å². The number of aryl methyl sites for hydroxylation is 1. The van der Waals surface area contributed by atoms with Crippen LogP contribution in [0.25, 0.3) is 5.57 Å². The molecule has 0 unspecified atom stereocenters. The molecule has 0 spiro atoms. The van der Waals surface area contributed by atoms with Gasteiger partial charge in [-0.25, -0.2) is 0 Å². The van der Waals surface area contributed by atoms with Crippen molar-refractivity contribution >= 4 is 5.57 Å². The van der Waals surface area contributed by atoms with Gasteiger partial charge in [-0.15, -0.1) is 0 Å². The van der Waals surface area contributed by atoms with Crippen LogP contribution in [0.4, 0.5) is 0 Å². The Balaban J connectivity index is 2.40. The number of hydrogen-bond acceptors (Lipinski definition) is 1. The smallest absolute Gasteiger partial charge is 0.0166 e. The van der Waals surface area contributed by atoms with Crippen LogP contribution in [0.15, 0.2) is 60.7 Å². The Morgan fingerprint density at radius 1 is 0.895 bits per heavy atom. The lowest BCUT2D eigenvalue weighted by atomic mass is 9.97. The Hall–Kier alpha value is -1.86. The molecule has 0 saturated heterocycles. The highest BCUT2D eigenvalue weighted by Gasteiger charge is 2.04. The summed E-state index contributed by atoms with van der Waals surface area (Å²) >= 11 is 0. The monoisotopic (exact) mass is 251 g/mol. The van der Waals surface area contributed by atoms with Crippen LogP contribution in [-0.4, -0.2) is 25.5 Å².